The molecule has 1 rings (SSSR count). The van der Waals surface area contributed by atoms with Gasteiger partial charge < -0.3 is 4.90 Å². The Morgan fingerprint density at radius 1 is 1.29 bits per heavy atom. The quantitative estimate of drug-likeness (QED) is 0.775. The van der Waals surface area contributed by atoms with Gasteiger partial charge in [-0.25, -0.2) is 8.42 Å². The van der Waals surface area contributed by atoms with Crippen LogP contribution in [0.4, 0.5) is 5.69 Å². The summed E-state index contributed by atoms with van der Waals surface area (Å²) in [7, 11) is -3.22. The number of benzene rings is 1. The summed E-state index contributed by atoms with van der Waals surface area (Å²) in [6.07, 6.45) is 1.23. The van der Waals surface area contributed by atoms with Crippen LogP contribution in [0.3, 0.4) is 0 Å². The largest absolute Gasteiger partial charge is 0.367 e. The Morgan fingerprint density at radius 3 is 2.35 bits per heavy atom. The number of nitrogens with zero attached hydrogens (tertiary/aromatic N) is 1. The smallest absolute Gasteiger partial charge is 0.177 e. The van der Waals surface area contributed by atoms with Gasteiger partial charge in [0.2, 0.25) is 0 Å². The molecule has 0 radical (unpaired) electrons. The average molecular weight is 276 g/mol. The summed E-state index contributed by atoms with van der Waals surface area (Å²) >= 11 is 5.77. The fourth-order valence-electron chi connectivity index (χ4n) is 1.76. The van der Waals surface area contributed by atoms with Crippen LogP contribution in [-0.2, 0) is 9.84 Å². The van der Waals surface area contributed by atoms with Crippen molar-refractivity contribution < 1.29 is 8.42 Å². The summed E-state index contributed by atoms with van der Waals surface area (Å²) in [6, 6.07) is 7.24. The first kappa shape index (κ1) is 14.3. The van der Waals surface area contributed by atoms with Gasteiger partial charge in [0.05, 0.1) is 10.6 Å². The third-order valence-electron chi connectivity index (χ3n) is 2.52. The zero-order valence-corrected chi connectivity index (χ0v) is 11.9. The van der Waals surface area contributed by atoms with Gasteiger partial charge in [0.25, 0.3) is 0 Å². The predicted molar refractivity (Wildman–Crippen MR) is 72.8 cm³/mol. The molecule has 0 amide bonds. The van der Waals surface area contributed by atoms with Gasteiger partial charge in [0, 0.05) is 24.7 Å². The fourth-order valence-corrected chi connectivity index (χ4v) is 2.83. The van der Waals surface area contributed by atoms with Crippen LogP contribution < -0.4 is 4.90 Å². The molecule has 17 heavy (non-hydrogen) atoms. The number of hydrogen-bond acceptors (Lipinski definition) is 3. The van der Waals surface area contributed by atoms with Gasteiger partial charge in [0.15, 0.2) is 9.84 Å². The maximum absolute atomic E-state index is 11.7. The number of para-hydroxylation sites is 1. The van der Waals surface area contributed by atoms with Crippen molar-refractivity contribution in [3.05, 3.63) is 24.3 Å². The van der Waals surface area contributed by atoms with Crippen LogP contribution in [0.5, 0.6) is 0 Å². The molecule has 0 aromatic heterocycles. The highest BCUT2D eigenvalue weighted by Gasteiger charge is 2.19. The molecule has 1 aromatic carbocycles. The molecule has 96 valence electrons. The van der Waals surface area contributed by atoms with E-state index in [0.29, 0.717) is 17.3 Å². The van der Waals surface area contributed by atoms with Crippen LogP contribution >= 0.6 is 11.6 Å². The number of halogens is 1. The van der Waals surface area contributed by atoms with E-state index in [9.17, 15) is 8.42 Å². The SMILES string of the molecule is CC(C)N(CCCl)c1ccccc1S(C)(=O)=O. The summed E-state index contributed by atoms with van der Waals surface area (Å²) in [5.41, 5.74) is 0.727. The minimum Gasteiger partial charge on any atom is -0.367 e. The first-order chi connectivity index (χ1) is 7.88. The zero-order chi connectivity index (χ0) is 13.1. The Morgan fingerprint density at radius 2 is 1.88 bits per heavy atom. The Bertz CT molecular complexity index is 471. The second-order valence-electron chi connectivity index (χ2n) is 4.22. The molecule has 0 heterocycles. The van der Waals surface area contributed by atoms with Gasteiger partial charge >= 0.3 is 0 Å². The number of sulfone groups is 1. The molecule has 0 N–H and O–H groups in total. The van der Waals surface area contributed by atoms with Crippen molar-refractivity contribution in [2.75, 3.05) is 23.6 Å². The topological polar surface area (TPSA) is 37.4 Å². The molecular formula is C12H18ClNO2S. The fraction of sp³-hybridized carbons (Fsp3) is 0.500. The maximum atomic E-state index is 11.7. The standard InChI is InChI=1S/C12H18ClNO2S/c1-10(2)14(9-8-13)11-6-4-5-7-12(11)17(3,15)16/h4-7,10H,8-9H2,1-3H3. The van der Waals surface area contributed by atoms with E-state index in [4.69, 9.17) is 11.6 Å². The van der Waals surface area contributed by atoms with Crippen LogP contribution in [0.25, 0.3) is 0 Å². The van der Waals surface area contributed by atoms with Crippen molar-refractivity contribution in [3.63, 3.8) is 0 Å². The van der Waals surface area contributed by atoms with Crippen LogP contribution in [-0.4, -0.2) is 33.1 Å². The summed E-state index contributed by atoms with van der Waals surface area (Å²) in [4.78, 5) is 2.36. The first-order valence-corrected chi connectivity index (χ1v) is 7.92. The lowest BCUT2D eigenvalue weighted by Crippen LogP contribution is -2.33. The Kier molecular flexibility index (Phi) is 4.83. The zero-order valence-electron chi connectivity index (χ0n) is 10.4. The third kappa shape index (κ3) is 3.61. The van der Waals surface area contributed by atoms with Crippen molar-refractivity contribution in [2.45, 2.75) is 24.8 Å². The van der Waals surface area contributed by atoms with Gasteiger partial charge in [-0.15, -0.1) is 11.6 Å². The highest BCUT2D eigenvalue weighted by molar-refractivity contribution is 7.90. The second-order valence-corrected chi connectivity index (χ2v) is 6.58. The summed E-state index contributed by atoms with van der Waals surface area (Å²) < 4.78 is 23.5. The highest BCUT2D eigenvalue weighted by Crippen LogP contribution is 2.26. The van der Waals surface area contributed by atoms with E-state index in [0.717, 1.165) is 5.69 Å². The van der Waals surface area contributed by atoms with E-state index in [1.54, 1.807) is 12.1 Å². The minimum atomic E-state index is -3.22. The van der Waals surface area contributed by atoms with Crippen LogP contribution in [0, 0.1) is 0 Å². The second kappa shape index (κ2) is 5.74. The van der Waals surface area contributed by atoms with Crippen molar-refractivity contribution in [1.29, 1.82) is 0 Å². The molecule has 0 atom stereocenters. The van der Waals surface area contributed by atoms with Gasteiger partial charge in [-0.1, -0.05) is 12.1 Å². The molecule has 1 aromatic rings. The molecule has 0 saturated carbocycles. The molecular weight excluding hydrogens is 258 g/mol. The Hall–Kier alpha value is -0.740. The monoisotopic (exact) mass is 275 g/mol. The molecule has 0 spiro atoms. The van der Waals surface area contributed by atoms with Crippen molar-refractivity contribution in [2.24, 2.45) is 0 Å². The van der Waals surface area contributed by atoms with Crippen molar-refractivity contribution >= 4 is 27.1 Å². The summed E-state index contributed by atoms with van der Waals surface area (Å²) in [6.45, 7) is 4.67. The number of anilines is 1. The normalized spacial score (nSPS) is 11.8. The van der Waals surface area contributed by atoms with Crippen LogP contribution in [0.15, 0.2) is 29.2 Å². The minimum absolute atomic E-state index is 0.205. The van der Waals surface area contributed by atoms with Gasteiger partial charge in [-0.2, -0.15) is 0 Å². The lowest BCUT2D eigenvalue weighted by Gasteiger charge is -2.29. The van der Waals surface area contributed by atoms with Crippen LogP contribution in [0.1, 0.15) is 13.8 Å². The predicted octanol–water partition coefficient (Wildman–Crippen LogP) is 2.54. The molecule has 0 bridgehead atoms. The highest BCUT2D eigenvalue weighted by atomic mass is 35.5. The van der Waals surface area contributed by atoms with Crippen molar-refractivity contribution in [1.82, 2.24) is 0 Å². The summed E-state index contributed by atoms with van der Waals surface area (Å²) in [5.74, 6) is 0.469. The Labute approximate surface area is 108 Å². The molecule has 0 unspecified atom stereocenters. The average Bonchev–Trinajstić information content (AvgIpc) is 2.24. The molecule has 0 saturated heterocycles. The summed E-state index contributed by atoms with van der Waals surface area (Å²) in [5, 5.41) is 0. The van der Waals surface area contributed by atoms with E-state index < -0.39 is 9.84 Å². The van der Waals surface area contributed by atoms with Gasteiger partial charge in [0.1, 0.15) is 0 Å². The number of hydrogen-bond donors (Lipinski definition) is 0. The molecule has 0 fully saturated rings. The lowest BCUT2D eigenvalue weighted by molar-refractivity contribution is 0.600. The van der Waals surface area contributed by atoms with Crippen LogP contribution in [0.2, 0.25) is 0 Å². The lowest BCUT2D eigenvalue weighted by atomic mass is 10.2. The molecule has 0 aliphatic heterocycles. The first-order valence-electron chi connectivity index (χ1n) is 5.49. The van der Waals surface area contributed by atoms with Gasteiger partial charge in [-0.3, -0.25) is 0 Å². The van der Waals surface area contributed by atoms with Gasteiger partial charge in [-0.05, 0) is 26.0 Å². The molecule has 5 heteroatoms. The van der Waals surface area contributed by atoms with E-state index in [-0.39, 0.29) is 6.04 Å². The molecule has 0 aliphatic carbocycles. The molecule has 3 nitrogen and oxygen atoms in total. The maximum Gasteiger partial charge on any atom is 0.177 e. The van der Waals surface area contributed by atoms with E-state index in [2.05, 4.69) is 0 Å². The third-order valence-corrected chi connectivity index (χ3v) is 3.84. The Balaban J connectivity index is 3.29. The van der Waals surface area contributed by atoms with E-state index in [1.165, 1.54) is 6.26 Å². The van der Waals surface area contributed by atoms with E-state index >= 15 is 0 Å². The number of alkyl halides is 1. The molecule has 0 aliphatic rings. The van der Waals surface area contributed by atoms with E-state index in [1.807, 2.05) is 30.9 Å². The van der Waals surface area contributed by atoms with Crippen molar-refractivity contribution in [3.8, 4) is 0 Å². The number of rotatable bonds is 5.